The van der Waals surface area contributed by atoms with Crippen molar-refractivity contribution >= 4 is 11.7 Å². The maximum Gasteiger partial charge on any atom is 0.252 e. The van der Waals surface area contributed by atoms with Gasteiger partial charge in [0.2, 0.25) is 5.91 Å². The molecule has 7 heteroatoms. The van der Waals surface area contributed by atoms with E-state index in [1.165, 1.54) is 4.68 Å². The molecule has 0 fully saturated rings. The SMILES string of the molecule is CC(C)c1cc(NC(=O)CC(O)C(C)C)n(-c2ncccn2)n1. The van der Waals surface area contributed by atoms with Crippen LogP contribution in [0, 0.1) is 5.92 Å². The Bertz CT molecular complexity index is 652. The van der Waals surface area contributed by atoms with E-state index in [1.54, 1.807) is 24.5 Å². The Morgan fingerprint density at radius 1 is 1.26 bits per heavy atom. The third kappa shape index (κ3) is 4.35. The fourth-order valence-corrected chi connectivity index (χ4v) is 1.94. The molecule has 7 nitrogen and oxygen atoms in total. The first kappa shape index (κ1) is 17.1. The van der Waals surface area contributed by atoms with Gasteiger partial charge >= 0.3 is 0 Å². The maximum absolute atomic E-state index is 12.1. The third-order valence-electron chi connectivity index (χ3n) is 3.49. The van der Waals surface area contributed by atoms with Crippen LogP contribution < -0.4 is 5.32 Å². The zero-order valence-corrected chi connectivity index (χ0v) is 13.9. The Morgan fingerprint density at radius 2 is 1.91 bits per heavy atom. The van der Waals surface area contributed by atoms with Gasteiger partial charge in [0.25, 0.3) is 5.95 Å². The molecule has 2 aromatic rings. The normalized spacial score (nSPS) is 12.7. The molecular weight excluding hydrogens is 294 g/mol. The molecule has 0 radical (unpaired) electrons. The van der Waals surface area contributed by atoms with Crippen molar-refractivity contribution in [3.8, 4) is 5.95 Å². The van der Waals surface area contributed by atoms with Crippen molar-refractivity contribution in [2.45, 2.75) is 46.1 Å². The topological polar surface area (TPSA) is 92.9 Å². The van der Waals surface area contributed by atoms with Gasteiger partial charge in [0.1, 0.15) is 5.82 Å². The molecule has 1 atom stereocenters. The van der Waals surface area contributed by atoms with Gasteiger partial charge in [-0.1, -0.05) is 27.7 Å². The number of hydrogen-bond donors (Lipinski definition) is 2. The number of anilines is 1. The number of aliphatic hydroxyl groups is 1. The molecule has 0 spiro atoms. The number of rotatable bonds is 6. The molecule has 124 valence electrons. The van der Waals surface area contributed by atoms with Crippen molar-refractivity contribution in [3.63, 3.8) is 0 Å². The molecule has 23 heavy (non-hydrogen) atoms. The molecule has 0 aromatic carbocycles. The van der Waals surface area contributed by atoms with E-state index in [9.17, 15) is 9.90 Å². The van der Waals surface area contributed by atoms with Crippen LogP contribution >= 0.6 is 0 Å². The number of carbonyl (C=O) groups is 1. The monoisotopic (exact) mass is 317 g/mol. The van der Waals surface area contributed by atoms with E-state index in [4.69, 9.17) is 0 Å². The minimum Gasteiger partial charge on any atom is -0.392 e. The number of hydrogen-bond acceptors (Lipinski definition) is 5. The van der Waals surface area contributed by atoms with Gasteiger partial charge in [-0.25, -0.2) is 9.97 Å². The van der Waals surface area contributed by atoms with Crippen LogP contribution in [0.5, 0.6) is 0 Å². The molecule has 2 aromatic heterocycles. The molecule has 0 aliphatic heterocycles. The minimum absolute atomic E-state index is 0.0225. The summed E-state index contributed by atoms with van der Waals surface area (Å²) < 4.78 is 1.51. The largest absolute Gasteiger partial charge is 0.392 e. The summed E-state index contributed by atoms with van der Waals surface area (Å²) in [7, 11) is 0. The summed E-state index contributed by atoms with van der Waals surface area (Å²) in [4.78, 5) is 20.5. The Labute approximate surface area is 135 Å². The summed E-state index contributed by atoms with van der Waals surface area (Å²) in [5, 5.41) is 17.1. The summed E-state index contributed by atoms with van der Waals surface area (Å²) >= 11 is 0. The number of aliphatic hydroxyl groups excluding tert-OH is 1. The molecule has 2 heterocycles. The first-order valence-electron chi connectivity index (χ1n) is 7.73. The molecule has 2 N–H and O–H groups in total. The average molecular weight is 317 g/mol. The van der Waals surface area contributed by atoms with Gasteiger partial charge in [-0.05, 0) is 17.9 Å². The van der Waals surface area contributed by atoms with Gasteiger partial charge in [-0.3, -0.25) is 4.79 Å². The molecule has 1 amide bonds. The number of aromatic nitrogens is 4. The lowest BCUT2D eigenvalue weighted by molar-refractivity contribution is -0.118. The number of nitrogens with one attached hydrogen (secondary N) is 1. The van der Waals surface area contributed by atoms with Crippen molar-refractivity contribution in [1.82, 2.24) is 19.7 Å². The van der Waals surface area contributed by atoms with E-state index in [-0.39, 0.29) is 24.2 Å². The summed E-state index contributed by atoms with van der Waals surface area (Å²) in [6, 6.07) is 3.52. The summed E-state index contributed by atoms with van der Waals surface area (Å²) in [6.07, 6.45) is 2.60. The van der Waals surface area contributed by atoms with Gasteiger partial charge in [0.05, 0.1) is 18.2 Å². The van der Waals surface area contributed by atoms with Crippen LogP contribution in [0.3, 0.4) is 0 Å². The van der Waals surface area contributed by atoms with E-state index in [2.05, 4.69) is 20.4 Å². The minimum atomic E-state index is -0.677. The van der Waals surface area contributed by atoms with Crippen LogP contribution in [0.4, 0.5) is 5.82 Å². The van der Waals surface area contributed by atoms with Crippen molar-refractivity contribution in [2.75, 3.05) is 5.32 Å². The Balaban J connectivity index is 2.25. The molecule has 0 saturated heterocycles. The first-order valence-corrected chi connectivity index (χ1v) is 7.73. The van der Waals surface area contributed by atoms with E-state index in [1.807, 2.05) is 27.7 Å². The predicted octanol–water partition coefficient (Wildman–Crippen LogP) is 2.13. The smallest absolute Gasteiger partial charge is 0.252 e. The number of nitrogens with zero attached hydrogens (tertiary/aromatic N) is 4. The molecule has 0 aliphatic carbocycles. The van der Waals surface area contributed by atoms with Crippen LogP contribution in [-0.2, 0) is 4.79 Å². The van der Waals surface area contributed by atoms with E-state index < -0.39 is 6.10 Å². The molecular formula is C16H23N5O2. The molecule has 2 rings (SSSR count). The highest BCUT2D eigenvalue weighted by Crippen LogP contribution is 2.20. The number of carbonyl (C=O) groups excluding carboxylic acids is 1. The van der Waals surface area contributed by atoms with Gasteiger partial charge in [0, 0.05) is 18.5 Å². The quantitative estimate of drug-likeness (QED) is 0.851. The van der Waals surface area contributed by atoms with Crippen LogP contribution in [0.2, 0.25) is 0 Å². The van der Waals surface area contributed by atoms with Crippen molar-refractivity contribution in [3.05, 3.63) is 30.2 Å². The second kappa shape index (κ2) is 7.32. The third-order valence-corrected chi connectivity index (χ3v) is 3.49. The van der Waals surface area contributed by atoms with Gasteiger partial charge in [-0.2, -0.15) is 9.78 Å². The van der Waals surface area contributed by atoms with Crippen LogP contribution in [-0.4, -0.2) is 36.9 Å². The summed E-state index contributed by atoms with van der Waals surface area (Å²) in [5.74, 6) is 0.852. The molecule has 0 saturated carbocycles. The van der Waals surface area contributed by atoms with Gasteiger partial charge < -0.3 is 10.4 Å². The highest BCUT2D eigenvalue weighted by molar-refractivity contribution is 5.90. The zero-order chi connectivity index (χ0) is 17.0. The maximum atomic E-state index is 12.1. The van der Waals surface area contributed by atoms with E-state index >= 15 is 0 Å². The fraction of sp³-hybridized carbons (Fsp3) is 0.500. The van der Waals surface area contributed by atoms with E-state index in [0.29, 0.717) is 11.8 Å². The summed E-state index contributed by atoms with van der Waals surface area (Å²) in [6.45, 7) is 7.78. The lowest BCUT2D eigenvalue weighted by atomic mass is 10.0. The van der Waals surface area contributed by atoms with Crippen molar-refractivity contribution < 1.29 is 9.90 Å². The van der Waals surface area contributed by atoms with Crippen molar-refractivity contribution in [1.29, 1.82) is 0 Å². The second-order valence-corrected chi connectivity index (χ2v) is 6.13. The molecule has 0 aliphatic rings. The Hall–Kier alpha value is -2.28. The zero-order valence-electron chi connectivity index (χ0n) is 13.9. The fourth-order valence-electron chi connectivity index (χ4n) is 1.94. The lowest BCUT2D eigenvalue weighted by Gasteiger charge is -2.14. The Kier molecular flexibility index (Phi) is 5.44. The van der Waals surface area contributed by atoms with Crippen LogP contribution in [0.15, 0.2) is 24.5 Å². The van der Waals surface area contributed by atoms with Crippen LogP contribution in [0.1, 0.15) is 45.7 Å². The van der Waals surface area contributed by atoms with Crippen molar-refractivity contribution in [2.24, 2.45) is 5.92 Å². The second-order valence-electron chi connectivity index (χ2n) is 6.13. The standard InChI is InChI=1S/C16H23N5O2/c1-10(2)12-8-14(19-15(23)9-13(22)11(3)4)21(20-12)16-17-6-5-7-18-16/h5-8,10-11,13,22H,9H2,1-4H3,(H,19,23). The molecule has 1 unspecified atom stereocenters. The number of amides is 1. The first-order chi connectivity index (χ1) is 10.9. The highest BCUT2D eigenvalue weighted by Gasteiger charge is 2.18. The lowest BCUT2D eigenvalue weighted by Crippen LogP contribution is -2.24. The average Bonchev–Trinajstić information content (AvgIpc) is 2.92. The molecule has 0 bridgehead atoms. The van der Waals surface area contributed by atoms with E-state index in [0.717, 1.165) is 5.69 Å². The van der Waals surface area contributed by atoms with Gasteiger partial charge in [0.15, 0.2) is 0 Å². The van der Waals surface area contributed by atoms with Crippen LogP contribution in [0.25, 0.3) is 5.95 Å². The Morgan fingerprint density at radius 3 is 2.48 bits per heavy atom. The van der Waals surface area contributed by atoms with Gasteiger partial charge in [-0.15, -0.1) is 0 Å². The predicted molar refractivity (Wildman–Crippen MR) is 87.3 cm³/mol. The summed E-state index contributed by atoms with van der Waals surface area (Å²) in [5.41, 5.74) is 0.831. The highest BCUT2D eigenvalue weighted by atomic mass is 16.3.